The second-order valence-corrected chi connectivity index (χ2v) is 4.86. The maximum absolute atomic E-state index is 11.7. The first-order valence-electron chi connectivity index (χ1n) is 5.63. The largest absolute Gasteiger partial charge is 0.444 e. The van der Waals surface area contributed by atoms with Crippen LogP contribution in [0.5, 0.6) is 0 Å². The third-order valence-corrected chi connectivity index (χ3v) is 2.15. The molecule has 2 rings (SSSR count). The van der Waals surface area contributed by atoms with Crippen LogP contribution in [-0.2, 0) is 4.74 Å². The lowest BCUT2D eigenvalue weighted by Gasteiger charge is -2.19. The summed E-state index contributed by atoms with van der Waals surface area (Å²) in [5.41, 5.74) is 0.141. The van der Waals surface area contributed by atoms with Crippen LogP contribution in [0, 0.1) is 11.3 Å². The Morgan fingerprint density at radius 2 is 2.26 bits per heavy atom. The number of amides is 1. The molecule has 2 aromatic rings. The lowest BCUT2D eigenvalue weighted by atomic mass is 10.2. The molecule has 2 aromatic heterocycles. The van der Waals surface area contributed by atoms with Gasteiger partial charge in [-0.1, -0.05) is 0 Å². The molecule has 0 fully saturated rings. The van der Waals surface area contributed by atoms with E-state index in [-0.39, 0.29) is 0 Å². The summed E-state index contributed by atoms with van der Waals surface area (Å²) < 4.78 is 6.52. The van der Waals surface area contributed by atoms with E-state index in [2.05, 4.69) is 15.4 Å². The highest BCUT2D eigenvalue weighted by Crippen LogP contribution is 2.14. The Bertz CT molecular complexity index is 663. The van der Waals surface area contributed by atoms with Crippen LogP contribution in [0.2, 0.25) is 0 Å². The Morgan fingerprint density at radius 3 is 2.89 bits per heavy atom. The van der Waals surface area contributed by atoms with Crippen molar-refractivity contribution in [1.29, 1.82) is 5.26 Å². The van der Waals surface area contributed by atoms with Gasteiger partial charge in [-0.15, -0.1) is 0 Å². The average molecular weight is 259 g/mol. The monoisotopic (exact) mass is 259 g/mol. The fraction of sp³-hybridized carbons (Fsp3) is 0.333. The molecule has 1 N–H and O–H groups in total. The van der Waals surface area contributed by atoms with Gasteiger partial charge in [0.25, 0.3) is 0 Å². The third-order valence-electron chi connectivity index (χ3n) is 2.15. The Balaban J connectivity index is 2.29. The van der Waals surface area contributed by atoms with Crippen molar-refractivity contribution in [3.63, 3.8) is 0 Å². The van der Waals surface area contributed by atoms with E-state index in [0.717, 1.165) is 0 Å². The lowest BCUT2D eigenvalue weighted by Crippen LogP contribution is -2.27. The summed E-state index contributed by atoms with van der Waals surface area (Å²) in [6.07, 6.45) is 2.29. The van der Waals surface area contributed by atoms with Gasteiger partial charge in [-0.05, 0) is 26.8 Å². The van der Waals surface area contributed by atoms with Crippen LogP contribution in [-0.4, -0.2) is 26.3 Å². The van der Waals surface area contributed by atoms with Crippen molar-refractivity contribution < 1.29 is 9.53 Å². The number of carbonyl (C=O) groups excluding carboxylic acids is 1. The summed E-state index contributed by atoms with van der Waals surface area (Å²) >= 11 is 0. The zero-order valence-corrected chi connectivity index (χ0v) is 10.8. The number of fused-ring (bicyclic) bond motifs is 1. The molecule has 0 aliphatic rings. The van der Waals surface area contributed by atoms with Crippen molar-refractivity contribution in [2.24, 2.45) is 0 Å². The molecule has 7 heteroatoms. The highest BCUT2D eigenvalue weighted by molar-refractivity contribution is 5.84. The number of nitriles is 1. The molecule has 0 saturated heterocycles. The van der Waals surface area contributed by atoms with Gasteiger partial charge in [-0.25, -0.2) is 9.78 Å². The third kappa shape index (κ3) is 2.80. The minimum Gasteiger partial charge on any atom is -0.444 e. The fourth-order valence-electron chi connectivity index (χ4n) is 1.47. The summed E-state index contributed by atoms with van der Waals surface area (Å²) in [4.78, 5) is 15.7. The summed E-state index contributed by atoms with van der Waals surface area (Å²) in [6, 6.07) is 3.55. The van der Waals surface area contributed by atoms with Crippen LogP contribution in [0.25, 0.3) is 5.65 Å². The fourth-order valence-corrected chi connectivity index (χ4v) is 1.47. The number of hydrogen-bond acceptors (Lipinski definition) is 5. The number of ether oxygens (including phenoxy) is 1. The van der Waals surface area contributed by atoms with E-state index in [4.69, 9.17) is 10.00 Å². The molecule has 0 spiro atoms. The van der Waals surface area contributed by atoms with Gasteiger partial charge in [0.1, 0.15) is 23.1 Å². The normalized spacial score (nSPS) is 11.1. The van der Waals surface area contributed by atoms with Crippen molar-refractivity contribution in [3.8, 4) is 6.07 Å². The van der Waals surface area contributed by atoms with Crippen molar-refractivity contribution in [1.82, 2.24) is 14.6 Å². The van der Waals surface area contributed by atoms with Gasteiger partial charge in [0.2, 0.25) is 0 Å². The molecule has 0 radical (unpaired) electrons. The standard InChI is InChI=1S/C12H13N5O2/c1-12(2,3)19-11(18)16-9-4-5-14-10-8(6-13)7-15-17(9)10/h4-5,7H,1-3H3,(H,16,18). The second kappa shape index (κ2) is 4.57. The lowest BCUT2D eigenvalue weighted by molar-refractivity contribution is 0.0635. The minimum absolute atomic E-state index is 0.341. The Kier molecular flexibility index (Phi) is 3.09. The molecule has 0 aliphatic carbocycles. The molecule has 0 aromatic carbocycles. The van der Waals surface area contributed by atoms with Gasteiger partial charge < -0.3 is 4.74 Å². The van der Waals surface area contributed by atoms with E-state index in [1.165, 1.54) is 16.9 Å². The van der Waals surface area contributed by atoms with Crippen molar-refractivity contribution in [2.45, 2.75) is 26.4 Å². The van der Waals surface area contributed by atoms with Gasteiger partial charge in [-0.2, -0.15) is 14.9 Å². The molecular weight excluding hydrogens is 246 g/mol. The molecule has 0 saturated carbocycles. The number of anilines is 1. The smallest absolute Gasteiger partial charge is 0.413 e. The number of rotatable bonds is 1. The van der Waals surface area contributed by atoms with Gasteiger partial charge in [0, 0.05) is 6.20 Å². The highest BCUT2D eigenvalue weighted by atomic mass is 16.6. The van der Waals surface area contributed by atoms with E-state index in [1.54, 1.807) is 26.8 Å². The first-order valence-corrected chi connectivity index (χ1v) is 5.63. The average Bonchev–Trinajstić information content (AvgIpc) is 2.70. The summed E-state index contributed by atoms with van der Waals surface area (Å²) in [5, 5.41) is 15.5. The van der Waals surface area contributed by atoms with Crippen LogP contribution >= 0.6 is 0 Å². The summed E-state index contributed by atoms with van der Waals surface area (Å²) in [7, 11) is 0. The van der Waals surface area contributed by atoms with Crippen molar-refractivity contribution >= 4 is 17.6 Å². The molecule has 98 valence electrons. The zero-order chi connectivity index (χ0) is 14.0. The predicted octanol–water partition coefficient (Wildman–Crippen LogP) is 1.95. The minimum atomic E-state index is -0.589. The molecule has 0 atom stereocenters. The summed E-state index contributed by atoms with van der Waals surface area (Å²) in [5.74, 6) is 0.390. The van der Waals surface area contributed by atoms with Gasteiger partial charge in [-0.3, -0.25) is 5.32 Å². The molecule has 7 nitrogen and oxygen atoms in total. The molecule has 19 heavy (non-hydrogen) atoms. The van der Waals surface area contributed by atoms with Crippen LogP contribution in [0.4, 0.5) is 10.6 Å². The first-order chi connectivity index (χ1) is 8.90. The van der Waals surface area contributed by atoms with Gasteiger partial charge >= 0.3 is 6.09 Å². The molecule has 0 bridgehead atoms. The topological polar surface area (TPSA) is 92.3 Å². The van der Waals surface area contributed by atoms with Crippen LogP contribution in [0.15, 0.2) is 18.5 Å². The SMILES string of the molecule is CC(C)(C)OC(=O)Nc1ccnc2c(C#N)cnn12. The maximum atomic E-state index is 11.7. The summed E-state index contributed by atoms with van der Waals surface area (Å²) in [6.45, 7) is 5.32. The number of nitrogens with one attached hydrogen (secondary N) is 1. The van der Waals surface area contributed by atoms with Crippen molar-refractivity contribution in [3.05, 3.63) is 24.0 Å². The second-order valence-electron chi connectivity index (χ2n) is 4.86. The highest BCUT2D eigenvalue weighted by Gasteiger charge is 2.17. The molecule has 0 unspecified atom stereocenters. The van der Waals surface area contributed by atoms with Crippen LogP contribution < -0.4 is 5.32 Å². The van der Waals surface area contributed by atoms with E-state index in [9.17, 15) is 4.79 Å². The molecule has 1 amide bonds. The maximum Gasteiger partial charge on any atom is 0.413 e. The van der Waals surface area contributed by atoms with Gasteiger partial charge in [0.05, 0.1) is 6.20 Å². The van der Waals surface area contributed by atoms with Gasteiger partial charge in [0.15, 0.2) is 5.65 Å². The number of carbonyl (C=O) groups is 1. The number of hydrogen-bond donors (Lipinski definition) is 1. The number of aromatic nitrogens is 3. The van der Waals surface area contributed by atoms with E-state index < -0.39 is 11.7 Å². The van der Waals surface area contributed by atoms with Crippen LogP contribution in [0.1, 0.15) is 26.3 Å². The Labute approximate surface area is 109 Å². The van der Waals surface area contributed by atoms with E-state index in [1.807, 2.05) is 6.07 Å². The quantitative estimate of drug-likeness (QED) is 0.844. The first kappa shape index (κ1) is 12.8. The number of nitrogens with zero attached hydrogens (tertiary/aromatic N) is 4. The Hall–Kier alpha value is -2.62. The Morgan fingerprint density at radius 1 is 1.53 bits per heavy atom. The van der Waals surface area contributed by atoms with E-state index >= 15 is 0 Å². The van der Waals surface area contributed by atoms with Crippen molar-refractivity contribution in [2.75, 3.05) is 5.32 Å². The molecule has 0 aliphatic heterocycles. The van der Waals surface area contributed by atoms with Crippen LogP contribution in [0.3, 0.4) is 0 Å². The molecular formula is C12H13N5O2. The zero-order valence-electron chi connectivity index (χ0n) is 10.8. The van der Waals surface area contributed by atoms with E-state index in [0.29, 0.717) is 17.0 Å². The molecule has 2 heterocycles. The predicted molar refractivity (Wildman–Crippen MR) is 67.6 cm³/mol.